The first-order valence-electron chi connectivity index (χ1n) is 3.47. The van der Waals surface area contributed by atoms with Crippen molar-refractivity contribution < 1.29 is 27.7 Å². The van der Waals surface area contributed by atoms with Crippen LogP contribution in [-0.4, -0.2) is 24.7 Å². The summed E-state index contributed by atoms with van der Waals surface area (Å²) in [7, 11) is 0. The number of halogens is 1. The third kappa shape index (κ3) is 2.65. The van der Waals surface area contributed by atoms with E-state index in [9.17, 15) is 4.79 Å². The molecule has 1 rings (SSSR count). The van der Waals surface area contributed by atoms with Gasteiger partial charge in [0.15, 0.2) is 6.04 Å². The van der Waals surface area contributed by atoms with Crippen molar-refractivity contribution in [2.45, 2.75) is 25.0 Å². The van der Waals surface area contributed by atoms with E-state index < -0.39 is 0 Å². The van der Waals surface area contributed by atoms with E-state index in [0.29, 0.717) is 6.54 Å². The van der Waals surface area contributed by atoms with Crippen molar-refractivity contribution in [1.82, 2.24) is 0 Å². The zero-order valence-corrected chi connectivity index (χ0v) is 7.01. The second-order valence-electron chi connectivity index (χ2n) is 2.57. The molecule has 1 saturated heterocycles. The predicted molar refractivity (Wildman–Crippen MR) is 34.8 cm³/mol. The first-order valence-corrected chi connectivity index (χ1v) is 3.47. The highest BCUT2D eigenvalue weighted by molar-refractivity contribution is 5.76. The lowest BCUT2D eigenvalue weighted by molar-refractivity contribution is -0.402. The summed E-state index contributed by atoms with van der Waals surface area (Å²) in [6.07, 6.45) is 1.52. The average molecular weight is 181 g/mol. The highest BCUT2D eigenvalue weighted by atomic mass is 35.5. The molecule has 0 aliphatic carbocycles. The number of hydrogen-bond acceptors (Lipinski definition) is 3. The molecule has 4 nitrogen and oxygen atoms in total. The summed E-state index contributed by atoms with van der Waals surface area (Å²) in [4.78, 5) is 10.7. The van der Waals surface area contributed by atoms with Gasteiger partial charge in [-0.2, -0.15) is 0 Å². The van der Waals surface area contributed by atoms with Crippen molar-refractivity contribution in [2.24, 2.45) is 5.73 Å². The topological polar surface area (TPSA) is 80.0 Å². The highest BCUT2D eigenvalue weighted by Crippen LogP contribution is 2.13. The average Bonchev–Trinajstić information content (AvgIpc) is 2.14. The molecule has 0 unspecified atom stereocenters. The molecule has 2 atom stereocenters. The molecule has 5 N–H and O–H groups in total. The van der Waals surface area contributed by atoms with Gasteiger partial charge in [-0.05, 0) is 13.0 Å². The minimum atomic E-state index is -0.182. The molecule has 0 bridgehead atoms. The van der Waals surface area contributed by atoms with Crippen molar-refractivity contribution in [3.63, 3.8) is 0 Å². The molecule has 1 aliphatic rings. The van der Waals surface area contributed by atoms with Gasteiger partial charge in [0, 0.05) is 6.42 Å². The molecule has 0 aromatic carbocycles. The van der Waals surface area contributed by atoms with Gasteiger partial charge in [-0.1, -0.05) is 0 Å². The maximum atomic E-state index is 10.7. The zero-order chi connectivity index (χ0) is 7.56. The summed E-state index contributed by atoms with van der Waals surface area (Å²) in [5, 5.41) is 0. The van der Waals surface area contributed by atoms with Crippen LogP contribution >= 0.6 is 0 Å². The summed E-state index contributed by atoms with van der Waals surface area (Å²) in [6, 6.07) is -0.170. The summed E-state index contributed by atoms with van der Waals surface area (Å²) in [6.45, 7) is 0.574. The fourth-order valence-corrected chi connectivity index (χ4v) is 1.08. The van der Waals surface area contributed by atoms with Crippen LogP contribution in [0, 0.1) is 0 Å². The Kier molecular flexibility index (Phi) is 4.40. The quantitative estimate of drug-likeness (QED) is 0.419. The van der Waals surface area contributed by atoms with Crippen LogP contribution in [0.4, 0.5) is 0 Å². The van der Waals surface area contributed by atoms with E-state index in [1.54, 1.807) is 0 Å². The van der Waals surface area contributed by atoms with E-state index in [1.807, 2.05) is 0 Å². The Hall–Kier alpha value is -0.320. The molecule has 5 heteroatoms. The lowest BCUT2D eigenvalue weighted by Gasteiger charge is -2.03. The van der Waals surface area contributed by atoms with Crippen molar-refractivity contribution >= 4 is 5.97 Å². The Morgan fingerprint density at radius 2 is 2.36 bits per heavy atom. The first kappa shape index (κ1) is 10.7. The van der Waals surface area contributed by atoms with Gasteiger partial charge >= 0.3 is 5.97 Å². The predicted octanol–water partition coefficient (Wildman–Crippen LogP) is -4.73. The smallest absolute Gasteiger partial charge is 0.365 e. The number of esters is 1. The molecule has 1 fully saturated rings. The first-order chi connectivity index (χ1) is 4.74. The van der Waals surface area contributed by atoms with Crippen LogP contribution < -0.4 is 23.9 Å². The molecule has 66 valence electrons. The minimum Gasteiger partial charge on any atom is -1.00 e. The van der Waals surface area contributed by atoms with Gasteiger partial charge in [0.1, 0.15) is 6.10 Å². The molecule has 1 heterocycles. The number of ether oxygens (including phenoxy) is 1. The number of carbonyl (C=O) groups excluding carboxylic acids is 1. The molecule has 0 saturated carbocycles. The van der Waals surface area contributed by atoms with E-state index >= 15 is 0 Å². The van der Waals surface area contributed by atoms with Crippen molar-refractivity contribution in [1.29, 1.82) is 0 Å². The number of hydrogen-bond donors (Lipinski definition) is 2. The monoisotopic (exact) mass is 180 g/mol. The van der Waals surface area contributed by atoms with Crippen LogP contribution in [0.1, 0.15) is 12.8 Å². The number of cyclic esters (lactones) is 1. The summed E-state index contributed by atoms with van der Waals surface area (Å²) >= 11 is 0. The van der Waals surface area contributed by atoms with E-state index in [0.717, 1.165) is 12.8 Å². The Balaban J connectivity index is 0.000001000. The number of rotatable bonds is 2. The number of nitrogens with two attached hydrogens (primary N) is 1. The van der Waals surface area contributed by atoms with E-state index in [-0.39, 0.29) is 30.5 Å². The highest BCUT2D eigenvalue weighted by Gasteiger charge is 2.33. The molecular weight excluding hydrogens is 168 g/mol. The fourth-order valence-electron chi connectivity index (χ4n) is 1.08. The third-order valence-electron chi connectivity index (χ3n) is 1.65. The largest absolute Gasteiger partial charge is 1.00 e. The standard InChI is InChI=1S/C6H12N2O2.ClH/c7-2-1-4-3-5(8)6(9)10-4;/h4-5H,1-3,7-8H2;1H/t4-,5+;/m1./s1. The van der Waals surface area contributed by atoms with E-state index in [1.165, 1.54) is 0 Å². The molecule has 0 spiro atoms. The lowest BCUT2D eigenvalue weighted by atomic mass is 10.1. The van der Waals surface area contributed by atoms with Crippen LogP contribution in [0.3, 0.4) is 0 Å². The Labute approximate surface area is 71.7 Å². The van der Waals surface area contributed by atoms with Gasteiger partial charge in [0.2, 0.25) is 0 Å². The molecule has 0 amide bonds. The van der Waals surface area contributed by atoms with Crippen LogP contribution in [0.5, 0.6) is 0 Å². The normalized spacial score (nSPS) is 29.5. The van der Waals surface area contributed by atoms with Gasteiger partial charge < -0.3 is 28.6 Å². The third-order valence-corrected chi connectivity index (χ3v) is 1.65. The zero-order valence-electron chi connectivity index (χ0n) is 6.25. The second kappa shape index (κ2) is 4.54. The number of carbonyl (C=O) groups is 1. The molecule has 0 aromatic heterocycles. The number of quaternary nitrogens is 1. The summed E-state index contributed by atoms with van der Waals surface area (Å²) < 4.78 is 4.93. The van der Waals surface area contributed by atoms with Crippen LogP contribution in [-0.2, 0) is 9.53 Å². The maximum Gasteiger partial charge on any atom is 0.365 e. The Bertz CT molecular complexity index is 143. The van der Waals surface area contributed by atoms with E-state index in [4.69, 9.17) is 10.5 Å². The van der Waals surface area contributed by atoms with E-state index in [2.05, 4.69) is 5.73 Å². The Morgan fingerprint density at radius 3 is 2.73 bits per heavy atom. The lowest BCUT2D eigenvalue weighted by Crippen LogP contribution is -3.00. The van der Waals surface area contributed by atoms with Crippen LogP contribution in [0.2, 0.25) is 0 Å². The van der Waals surface area contributed by atoms with Gasteiger partial charge in [-0.3, -0.25) is 0 Å². The maximum absolute atomic E-state index is 10.7. The molecule has 1 aliphatic heterocycles. The molecule has 11 heavy (non-hydrogen) atoms. The van der Waals surface area contributed by atoms with Crippen LogP contribution in [0.25, 0.3) is 0 Å². The molecule has 0 aromatic rings. The SMILES string of the molecule is NCC[C@@H]1C[C@H]([NH3+])C(=O)O1.[Cl-]. The fraction of sp³-hybridized carbons (Fsp3) is 0.833. The summed E-state index contributed by atoms with van der Waals surface area (Å²) in [5.41, 5.74) is 8.92. The van der Waals surface area contributed by atoms with Gasteiger partial charge in [0.05, 0.1) is 0 Å². The summed E-state index contributed by atoms with van der Waals surface area (Å²) in [5.74, 6) is -0.182. The molecule has 0 radical (unpaired) electrons. The van der Waals surface area contributed by atoms with Gasteiger partial charge in [-0.15, -0.1) is 0 Å². The minimum absolute atomic E-state index is 0. The van der Waals surface area contributed by atoms with Crippen molar-refractivity contribution in [3.05, 3.63) is 0 Å². The van der Waals surface area contributed by atoms with Crippen LogP contribution in [0.15, 0.2) is 0 Å². The van der Waals surface area contributed by atoms with Crippen molar-refractivity contribution in [3.8, 4) is 0 Å². The Morgan fingerprint density at radius 1 is 1.73 bits per heavy atom. The van der Waals surface area contributed by atoms with Gasteiger partial charge in [-0.25, -0.2) is 4.79 Å². The van der Waals surface area contributed by atoms with Crippen molar-refractivity contribution in [2.75, 3.05) is 6.54 Å². The van der Waals surface area contributed by atoms with Gasteiger partial charge in [0.25, 0.3) is 0 Å². The molecular formula is C6H13ClN2O2. The second-order valence-corrected chi connectivity index (χ2v) is 2.57.